The van der Waals surface area contributed by atoms with Gasteiger partial charge in [0.25, 0.3) is 0 Å². The second kappa shape index (κ2) is 6.21. The van der Waals surface area contributed by atoms with Gasteiger partial charge in [0.15, 0.2) is 0 Å². The van der Waals surface area contributed by atoms with E-state index in [1.54, 1.807) is 0 Å². The summed E-state index contributed by atoms with van der Waals surface area (Å²) in [6.07, 6.45) is 0. The molecule has 1 aromatic heterocycles. The van der Waals surface area contributed by atoms with Crippen LogP contribution in [0.4, 0.5) is 0 Å². The first-order valence-electron chi connectivity index (χ1n) is 5.59. The van der Waals surface area contributed by atoms with Crippen molar-refractivity contribution in [3.05, 3.63) is 57.8 Å². The van der Waals surface area contributed by atoms with Crippen LogP contribution in [0.3, 0.4) is 0 Å². The summed E-state index contributed by atoms with van der Waals surface area (Å²) < 4.78 is 6.81. The van der Waals surface area contributed by atoms with Crippen molar-refractivity contribution < 1.29 is 4.74 Å². The van der Waals surface area contributed by atoms with Gasteiger partial charge in [-0.2, -0.15) is 0 Å². The molecule has 4 heteroatoms. The Kier molecular flexibility index (Phi) is 4.61. The highest BCUT2D eigenvalue weighted by Gasteiger charge is 2.06. The Morgan fingerprint density at radius 3 is 2.72 bits per heavy atom. The molecule has 2 aromatic rings. The number of aromatic nitrogens is 1. The van der Waals surface area contributed by atoms with Gasteiger partial charge >= 0.3 is 0 Å². The standard InChI is InChI=1S/C14H13BrClNO/c1-10-6-7-14(13(8-16)17-10)18-9-11-4-2-3-5-12(11)15/h2-7H,8-9H2,1H3. The van der Waals surface area contributed by atoms with Crippen LogP contribution >= 0.6 is 27.5 Å². The van der Waals surface area contributed by atoms with Gasteiger partial charge < -0.3 is 4.74 Å². The van der Waals surface area contributed by atoms with Gasteiger partial charge in [0.2, 0.25) is 0 Å². The van der Waals surface area contributed by atoms with Crippen molar-refractivity contribution in [3.63, 3.8) is 0 Å². The van der Waals surface area contributed by atoms with Crippen molar-refractivity contribution in [1.29, 1.82) is 0 Å². The summed E-state index contributed by atoms with van der Waals surface area (Å²) in [5.74, 6) is 1.10. The Bertz CT molecular complexity index is 545. The fourth-order valence-corrected chi connectivity index (χ4v) is 2.19. The lowest BCUT2D eigenvalue weighted by atomic mass is 10.2. The average molecular weight is 327 g/mol. The molecule has 0 aliphatic heterocycles. The summed E-state index contributed by atoms with van der Waals surface area (Å²) in [6.45, 7) is 2.43. The molecule has 0 saturated carbocycles. The first kappa shape index (κ1) is 13.4. The summed E-state index contributed by atoms with van der Waals surface area (Å²) in [5, 5.41) is 0. The monoisotopic (exact) mass is 325 g/mol. The minimum Gasteiger partial charge on any atom is -0.487 e. The Hall–Kier alpha value is -1.06. The molecule has 0 amide bonds. The molecule has 94 valence electrons. The van der Waals surface area contributed by atoms with Crippen LogP contribution in [-0.2, 0) is 12.5 Å². The van der Waals surface area contributed by atoms with Gasteiger partial charge in [0.1, 0.15) is 12.4 Å². The third-order valence-corrected chi connectivity index (χ3v) is 3.57. The lowest BCUT2D eigenvalue weighted by Gasteiger charge is -2.11. The number of pyridine rings is 1. The normalized spacial score (nSPS) is 10.4. The lowest BCUT2D eigenvalue weighted by Crippen LogP contribution is -2.00. The third kappa shape index (κ3) is 3.24. The van der Waals surface area contributed by atoms with Gasteiger partial charge in [-0.05, 0) is 25.1 Å². The van der Waals surface area contributed by atoms with Crippen LogP contribution in [0.5, 0.6) is 5.75 Å². The van der Waals surface area contributed by atoms with E-state index in [1.165, 1.54) is 0 Å². The van der Waals surface area contributed by atoms with Gasteiger partial charge in [-0.1, -0.05) is 34.1 Å². The number of alkyl halides is 1. The molecule has 0 saturated heterocycles. The van der Waals surface area contributed by atoms with E-state index in [1.807, 2.05) is 43.3 Å². The van der Waals surface area contributed by atoms with Gasteiger partial charge in [-0.25, -0.2) is 0 Å². The van der Waals surface area contributed by atoms with Gasteiger partial charge in [-0.15, -0.1) is 11.6 Å². The van der Waals surface area contributed by atoms with Crippen molar-refractivity contribution in [3.8, 4) is 5.75 Å². The smallest absolute Gasteiger partial charge is 0.142 e. The predicted octanol–water partition coefficient (Wildman–Crippen LogP) is 4.47. The fourth-order valence-electron chi connectivity index (χ4n) is 1.60. The molecule has 0 spiro atoms. The lowest BCUT2D eigenvalue weighted by molar-refractivity contribution is 0.301. The van der Waals surface area contributed by atoms with Gasteiger partial charge in [0.05, 0.1) is 11.6 Å². The number of benzene rings is 1. The zero-order chi connectivity index (χ0) is 13.0. The molecule has 0 unspecified atom stereocenters. The number of hydrogen-bond acceptors (Lipinski definition) is 2. The Balaban J connectivity index is 2.13. The van der Waals surface area contributed by atoms with E-state index in [0.29, 0.717) is 12.5 Å². The van der Waals surface area contributed by atoms with Crippen molar-refractivity contribution in [1.82, 2.24) is 4.98 Å². The molecule has 0 aliphatic carbocycles. The highest BCUT2D eigenvalue weighted by molar-refractivity contribution is 9.10. The predicted molar refractivity (Wildman–Crippen MR) is 77.0 cm³/mol. The van der Waals surface area contributed by atoms with E-state index in [4.69, 9.17) is 16.3 Å². The molecule has 1 aromatic carbocycles. The number of ether oxygens (including phenoxy) is 1. The first-order valence-corrected chi connectivity index (χ1v) is 6.92. The molecular formula is C14H13BrClNO. The maximum atomic E-state index is 5.87. The SMILES string of the molecule is Cc1ccc(OCc2ccccc2Br)c(CCl)n1. The van der Waals surface area contributed by atoms with E-state index in [0.717, 1.165) is 27.2 Å². The number of halogens is 2. The van der Waals surface area contributed by atoms with Crippen LogP contribution in [0.25, 0.3) is 0 Å². The average Bonchev–Trinajstić information content (AvgIpc) is 2.39. The topological polar surface area (TPSA) is 22.1 Å². The molecule has 18 heavy (non-hydrogen) atoms. The number of aryl methyl sites for hydroxylation is 1. The van der Waals surface area contributed by atoms with Crippen LogP contribution in [0, 0.1) is 6.92 Å². The van der Waals surface area contributed by atoms with Crippen LogP contribution in [0.1, 0.15) is 17.0 Å². The molecule has 0 fully saturated rings. The number of rotatable bonds is 4. The summed E-state index contributed by atoms with van der Waals surface area (Å²) in [5.41, 5.74) is 2.82. The minimum atomic E-state index is 0.354. The minimum absolute atomic E-state index is 0.354. The van der Waals surface area contributed by atoms with Crippen molar-refractivity contribution >= 4 is 27.5 Å². The quantitative estimate of drug-likeness (QED) is 0.773. The molecule has 1 heterocycles. The highest BCUT2D eigenvalue weighted by atomic mass is 79.9. The van der Waals surface area contributed by atoms with E-state index in [9.17, 15) is 0 Å². The Morgan fingerprint density at radius 2 is 2.00 bits per heavy atom. The Morgan fingerprint density at radius 1 is 1.22 bits per heavy atom. The molecule has 0 bridgehead atoms. The van der Waals surface area contributed by atoms with E-state index >= 15 is 0 Å². The van der Waals surface area contributed by atoms with Gasteiger partial charge in [-0.3, -0.25) is 4.98 Å². The van der Waals surface area contributed by atoms with E-state index < -0.39 is 0 Å². The summed E-state index contributed by atoms with van der Waals surface area (Å²) in [7, 11) is 0. The molecule has 2 nitrogen and oxygen atoms in total. The Labute approximate surface area is 120 Å². The van der Waals surface area contributed by atoms with E-state index in [2.05, 4.69) is 20.9 Å². The maximum absolute atomic E-state index is 5.87. The first-order chi connectivity index (χ1) is 8.70. The second-order valence-electron chi connectivity index (χ2n) is 3.91. The summed E-state index contributed by atoms with van der Waals surface area (Å²) in [6, 6.07) is 11.8. The summed E-state index contributed by atoms with van der Waals surface area (Å²) in [4.78, 5) is 4.36. The molecule has 0 aliphatic rings. The maximum Gasteiger partial charge on any atom is 0.142 e. The zero-order valence-electron chi connectivity index (χ0n) is 9.99. The molecule has 0 N–H and O–H groups in total. The van der Waals surface area contributed by atoms with Crippen molar-refractivity contribution in [2.45, 2.75) is 19.4 Å². The largest absolute Gasteiger partial charge is 0.487 e. The molecular weight excluding hydrogens is 314 g/mol. The zero-order valence-corrected chi connectivity index (χ0v) is 12.3. The van der Waals surface area contributed by atoms with Crippen LogP contribution in [0.15, 0.2) is 40.9 Å². The molecule has 2 rings (SSSR count). The molecule has 0 radical (unpaired) electrons. The highest BCUT2D eigenvalue weighted by Crippen LogP contribution is 2.22. The third-order valence-electron chi connectivity index (χ3n) is 2.54. The van der Waals surface area contributed by atoms with Crippen LogP contribution in [0.2, 0.25) is 0 Å². The van der Waals surface area contributed by atoms with Crippen LogP contribution < -0.4 is 4.74 Å². The van der Waals surface area contributed by atoms with Crippen molar-refractivity contribution in [2.24, 2.45) is 0 Å². The number of hydrogen-bond donors (Lipinski definition) is 0. The molecule has 0 atom stereocenters. The fraction of sp³-hybridized carbons (Fsp3) is 0.214. The van der Waals surface area contributed by atoms with E-state index in [-0.39, 0.29) is 0 Å². The van der Waals surface area contributed by atoms with Crippen LogP contribution in [-0.4, -0.2) is 4.98 Å². The number of nitrogens with zero attached hydrogens (tertiary/aromatic N) is 1. The van der Waals surface area contributed by atoms with Crippen molar-refractivity contribution in [2.75, 3.05) is 0 Å². The van der Waals surface area contributed by atoms with Gasteiger partial charge in [0, 0.05) is 15.7 Å². The summed E-state index contributed by atoms with van der Waals surface area (Å²) >= 11 is 9.36. The second-order valence-corrected chi connectivity index (χ2v) is 5.03.